The van der Waals surface area contributed by atoms with Crippen molar-refractivity contribution in [3.63, 3.8) is 0 Å². The first kappa shape index (κ1) is 25.7. The molecule has 3 aromatic rings. The Labute approximate surface area is 210 Å². The van der Waals surface area contributed by atoms with Gasteiger partial charge in [0.15, 0.2) is 0 Å². The third-order valence-corrected chi connectivity index (χ3v) is 6.09. The number of thioether (sulfide) groups is 1. The molecule has 3 aromatic carbocycles. The summed E-state index contributed by atoms with van der Waals surface area (Å²) in [7, 11) is 0. The Hall–Kier alpha value is -3.89. The molecule has 1 aliphatic rings. The molecule has 180 valence electrons. The Kier molecular flexibility index (Phi) is 8.82. The Bertz CT molecular complexity index is 1250. The molecule has 0 amide bonds. The van der Waals surface area contributed by atoms with E-state index in [0.717, 1.165) is 16.8 Å². The molecule has 0 bridgehead atoms. The number of carboxylic acids is 1. The molecular formula is C28H29N3O3S. The number of amidine groups is 1. The van der Waals surface area contributed by atoms with Crippen molar-refractivity contribution in [1.29, 1.82) is 0 Å². The zero-order valence-electron chi connectivity index (χ0n) is 20.0. The van der Waals surface area contributed by atoms with Crippen LogP contribution in [0.15, 0.2) is 76.6 Å². The lowest BCUT2D eigenvalue weighted by molar-refractivity contribution is -0.129. The number of aliphatic carboxylic acids is 1. The van der Waals surface area contributed by atoms with Crippen molar-refractivity contribution in [3.8, 4) is 18.1 Å². The van der Waals surface area contributed by atoms with Gasteiger partial charge in [-0.05, 0) is 59.7 Å². The highest BCUT2D eigenvalue weighted by Crippen LogP contribution is 2.37. The van der Waals surface area contributed by atoms with Gasteiger partial charge >= 0.3 is 5.97 Å². The summed E-state index contributed by atoms with van der Waals surface area (Å²) >= 11 is 1.70. The van der Waals surface area contributed by atoms with Crippen molar-refractivity contribution in [2.75, 3.05) is 23.9 Å². The fraction of sp³-hybridized carbons (Fsp3) is 0.214. The highest BCUT2D eigenvalue weighted by atomic mass is 32.2. The van der Waals surface area contributed by atoms with Gasteiger partial charge in [0.05, 0.1) is 0 Å². The van der Waals surface area contributed by atoms with Gasteiger partial charge in [0.1, 0.15) is 18.4 Å². The van der Waals surface area contributed by atoms with Crippen LogP contribution in [0.2, 0.25) is 0 Å². The van der Waals surface area contributed by atoms with Gasteiger partial charge in [-0.25, -0.2) is 9.79 Å². The number of carboxylic acid groups (broad SMARTS) is 1. The van der Waals surface area contributed by atoms with E-state index in [-0.39, 0.29) is 12.4 Å². The highest BCUT2D eigenvalue weighted by molar-refractivity contribution is 7.98. The number of nitrogens with zero attached hydrogens (tertiary/aromatic N) is 1. The zero-order chi connectivity index (χ0) is 25.4. The second-order valence-electron chi connectivity index (χ2n) is 8.15. The molecule has 4 rings (SSSR count). The average molecular weight is 488 g/mol. The quantitative estimate of drug-likeness (QED) is 0.231. The smallest absolute Gasteiger partial charge is 0.371 e. The van der Waals surface area contributed by atoms with E-state index in [0.29, 0.717) is 17.4 Å². The molecule has 0 saturated carbocycles. The molecular weight excluding hydrogens is 458 g/mol. The van der Waals surface area contributed by atoms with E-state index in [1.807, 2.05) is 48.7 Å². The van der Waals surface area contributed by atoms with Gasteiger partial charge in [-0.2, -0.15) is 0 Å². The van der Waals surface area contributed by atoms with Crippen molar-refractivity contribution >= 4 is 34.9 Å². The van der Waals surface area contributed by atoms with Crippen molar-refractivity contribution in [3.05, 3.63) is 83.4 Å². The summed E-state index contributed by atoms with van der Waals surface area (Å²) in [5, 5.41) is 12.2. The van der Waals surface area contributed by atoms with E-state index in [2.05, 4.69) is 42.2 Å². The zero-order valence-corrected chi connectivity index (χ0v) is 20.8. The average Bonchev–Trinajstić information content (AvgIpc) is 2.87. The maximum atomic E-state index is 11.5. The van der Waals surface area contributed by atoms with Crippen molar-refractivity contribution in [1.82, 2.24) is 0 Å². The molecule has 0 radical (unpaired) electrons. The standard InChI is InChI=1S/C21H20N2O3.C7H9NS/c1-4-11-26-16-9-10-18-17(12-16)19(23-20(22-18)21(24)25)15-7-5-14(6-8-15)13(2)3;1-9-7-4-2-3-6(8)5-7/h1,5-10,12-13,19H,11H2,2-3H3,(H,22,23)(H,24,25);2-5H,8H2,1H3. The normalized spacial score (nSPS) is 13.9. The molecule has 1 atom stereocenters. The molecule has 0 saturated heterocycles. The minimum Gasteiger partial charge on any atom is -0.481 e. The topological polar surface area (TPSA) is 96.9 Å². The van der Waals surface area contributed by atoms with Gasteiger partial charge in [-0.3, -0.25) is 0 Å². The largest absolute Gasteiger partial charge is 0.481 e. The van der Waals surface area contributed by atoms with Crippen LogP contribution in [0.5, 0.6) is 5.75 Å². The van der Waals surface area contributed by atoms with Crippen molar-refractivity contribution in [2.45, 2.75) is 30.7 Å². The third-order valence-electron chi connectivity index (χ3n) is 5.37. The van der Waals surface area contributed by atoms with E-state index in [4.69, 9.17) is 16.9 Å². The summed E-state index contributed by atoms with van der Waals surface area (Å²) < 4.78 is 5.50. The number of hydrogen-bond donors (Lipinski definition) is 3. The maximum absolute atomic E-state index is 11.5. The number of carbonyl (C=O) groups is 1. The van der Waals surface area contributed by atoms with Gasteiger partial charge in [-0.1, -0.05) is 50.1 Å². The van der Waals surface area contributed by atoms with E-state index in [1.165, 1.54) is 10.5 Å². The molecule has 1 heterocycles. The first-order valence-corrected chi connectivity index (χ1v) is 12.3. The molecule has 1 aliphatic heterocycles. The van der Waals surface area contributed by atoms with Crippen LogP contribution in [0.25, 0.3) is 0 Å². The van der Waals surface area contributed by atoms with Gasteiger partial charge in [0.25, 0.3) is 0 Å². The van der Waals surface area contributed by atoms with E-state index in [1.54, 1.807) is 23.9 Å². The SMILES string of the molecule is C#CCOc1ccc2c(c1)C(c1ccc(C(C)C)cc1)N=C(C(=O)O)N2.CSc1cccc(N)c1. The first-order valence-electron chi connectivity index (χ1n) is 11.1. The van der Waals surface area contributed by atoms with Gasteiger partial charge in [0, 0.05) is 21.8 Å². The van der Waals surface area contributed by atoms with Gasteiger partial charge in [-0.15, -0.1) is 18.2 Å². The number of fused-ring (bicyclic) bond motifs is 1. The number of ether oxygens (including phenoxy) is 1. The second-order valence-corrected chi connectivity index (χ2v) is 9.03. The van der Waals surface area contributed by atoms with E-state index in [9.17, 15) is 9.90 Å². The van der Waals surface area contributed by atoms with Crippen LogP contribution >= 0.6 is 11.8 Å². The number of terminal acetylenes is 1. The Morgan fingerprint density at radius 2 is 1.94 bits per heavy atom. The molecule has 6 nitrogen and oxygen atoms in total. The van der Waals surface area contributed by atoms with Crippen LogP contribution in [-0.4, -0.2) is 29.8 Å². The summed E-state index contributed by atoms with van der Waals surface area (Å²) in [4.78, 5) is 17.1. The fourth-order valence-corrected chi connectivity index (χ4v) is 3.99. The fourth-order valence-electron chi connectivity index (χ4n) is 3.52. The lowest BCUT2D eigenvalue weighted by Crippen LogP contribution is -2.28. The number of aliphatic imine (C=N–C) groups is 1. The van der Waals surface area contributed by atoms with Gasteiger partial charge < -0.3 is 20.9 Å². The molecule has 35 heavy (non-hydrogen) atoms. The van der Waals surface area contributed by atoms with Crippen LogP contribution < -0.4 is 15.8 Å². The van der Waals surface area contributed by atoms with Crippen molar-refractivity contribution < 1.29 is 14.6 Å². The molecule has 0 aliphatic carbocycles. The predicted molar refractivity (Wildman–Crippen MR) is 144 cm³/mol. The number of nitrogens with two attached hydrogens (primary N) is 1. The minimum absolute atomic E-state index is 0.0762. The van der Waals surface area contributed by atoms with E-state index < -0.39 is 12.0 Å². The van der Waals surface area contributed by atoms with Crippen LogP contribution in [0.4, 0.5) is 11.4 Å². The number of nitrogens with one attached hydrogen (secondary N) is 1. The summed E-state index contributed by atoms with van der Waals surface area (Å²) in [6, 6.07) is 20.9. The summed E-state index contributed by atoms with van der Waals surface area (Å²) in [6.45, 7) is 4.43. The molecule has 7 heteroatoms. The molecule has 0 aromatic heterocycles. The van der Waals surface area contributed by atoms with Crippen LogP contribution in [0.1, 0.15) is 42.5 Å². The molecule has 0 spiro atoms. The maximum Gasteiger partial charge on any atom is 0.371 e. The Morgan fingerprint density at radius 3 is 2.51 bits per heavy atom. The lowest BCUT2D eigenvalue weighted by atomic mass is 9.93. The van der Waals surface area contributed by atoms with Crippen LogP contribution in [0, 0.1) is 12.3 Å². The summed E-state index contributed by atoms with van der Waals surface area (Å²) in [5.74, 6) is 2.32. The van der Waals surface area contributed by atoms with E-state index >= 15 is 0 Å². The molecule has 0 fully saturated rings. The molecule has 1 unspecified atom stereocenters. The number of benzene rings is 3. The Balaban J connectivity index is 0.000000320. The Morgan fingerprint density at radius 1 is 1.20 bits per heavy atom. The van der Waals surface area contributed by atoms with Crippen molar-refractivity contribution in [2.24, 2.45) is 4.99 Å². The number of hydrogen-bond acceptors (Lipinski definition) is 6. The first-order chi connectivity index (χ1) is 16.8. The number of anilines is 2. The summed E-state index contributed by atoms with van der Waals surface area (Å²) in [6.07, 6.45) is 7.28. The van der Waals surface area contributed by atoms with Crippen LogP contribution in [0.3, 0.4) is 0 Å². The number of rotatable bonds is 6. The number of nitrogen functional groups attached to an aromatic ring is 1. The monoisotopic (exact) mass is 487 g/mol. The summed E-state index contributed by atoms with van der Waals surface area (Å²) in [5.41, 5.74) is 10.0. The predicted octanol–water partition coefficient (Wildman–Crippen LogP) is 5.81. The second kappa shape index (κ2) is 12.0. The highest BCUT2D eigenvalue weighted by Gasteiger charge is 2.26. The van der Waals surface area contributed by atoms with Crippen LogP contribution in [-0.2, 0) is 4.79 Å². The van der Waals surface area contributed by atoms with Gasteiger partial charge in [0.2, 0.25) is 5.84 Å². The minimum atomic E-state index is -1.09. The third kappa shape index (κ3) is 6.81. The lowest BCUT2D eigenvalue weighted by Gasteiger charge is -2.25. The molecule has 4 N–H and O–H groups in total.